The van der Waals surface area contributed by atoms with Crippen molar-refractivity contribution in [2.75, 3.05) is 11.4 Å². The number of alkyl carbamates (subject to hydrolysis) is 1. The third-order valence-electron chi connectivity index (χ3n) is 6.69. The highest BCUT2D eigenvalue weighted by atomic mass is 16.6. The minimum Gasteiger partial charge on any atom is -0.489 e. The van der Waals surface area contributed by atoms with Gasteiger partial charge in [0.2, 0.25) is 5.91 Å². The number of esters is 1. The summed E-state index contributed by atoms with van der Waals surface area (Å²) in [5.74, 6) is -0.413. The van der Waals surface area contributed by atoms with Gasteiger partial charge in [0.05, 0.1) is 18.1 Å². The summed E-state index contributed by atoms with van der Waals surface area (Å²) in [5.41, 5.74) is 3.34. The van der Waals surface area contributed by atoms with Crippen molar-refractivity contribution < 1.29 is 28.6 Å². The van der Waals surface area contributed by atoms with Crippen LogP contribution in [0.25, 0.3) is 11.1 Å². The monoisotopic (exact) mass is 597 g/mol. The number of nitriles is 1. The van der Waals surface area contributed by atoms with Crippen molar-refractivity contribution >= 4 is 23.7 Å². The lowest BCUT2D eigenvalue weighted by molar-refractivity contribution is -0.156. The maximum Gasteiger partial charge on any atom is 0.408 e. The van der Waals surface area contributed by atoms with Crippen LogP contribution in [0.3, 0.4) is 0 Å². The zero-order valence-electron chi connectivity index (χ0n) is 26.1. The Morgan fingerprint density at radius 1 is 0.932 bits per heavy atom. The van der Waals surface area contributed by atoms with E-state index in [1.54, 1.807) is 58.6 Å². The van der Waals surface area contributed by atoms with Crippen molar-refractivity contribution in [2.24, 2.45) is 0 Å². The van der Waals surface area contributed by atoms with E-state index in [9.17, 15) is 19.6 Å². The average Bonchev–Trinajstić information content (AvgIpc) is 3.37. The summed E-state index contributed by atoms with van der Waals surface area (Å²) in [6, 6.07) is 22.0. The highest BCUT2D eigenvalue weighted by Gasteiger charge is 2.35. The Morgan fingerprint density at radius 2 is 1.64 bits per heavy atom. The second-order valence-corrected chi connectivity index (χ2v) is 12.7. The molecular weight excluding hydrogens is 558 g/mol. The molecule has 3 aromatic rings. The standard InChI is InChI=1S/C35H39N3O6/c1-34(2,3)43-31(39)20-29(37-33(41)44-35(4,5)6)32(40)38-17-16-25-19-27(13-15-30(25)38)42-22-23-12-14-28(26(18-23)21-36)24-10-8-7-9-11-24/h7-15,18-19,29H,16-17,20,22H2,1-6H3,(H,37,41)/t29-/m1/s1. The van der Waals surface area contributed by atoms with E-state index in [1.165, 1.54) is 0 Å². The number of rotatable bonds is 8. The predicted octanol–water partition coefficient (Wildman–Crippen LogP) is 6.32. The molecule has 0 aliphatic carbocycles. The van der Waals surface area contributed by atoms with Crippen LogP contribution in [0.2, 0.25) is 0 Å². The van der Waals surface area contributed by atoms with Crippen LogP contribution in [-0.4, -0.2) is 41.8 Å². The topological polar surface area (TPSA) is 118 Å². The van der Waals surface area contributed by atoms with Crippen molar-refractivity contribution in [3.63, 3.8) is 0 Å². The van der Waals surface area contributed by atoms with Crippen molar-refractivity contribution in [1.82, 2.24) is 5.32 Å². The molecule has 0 bridgehead atoms. The number of hydrogen-bond acceptors (Lipinski definition) is 7. The van der Waals surface area contributed by atoms with Crippen molar-refractivity contribution in [2.45, 2.75) is 78.2 Å². The molecule has 0 unspecified atom stereocenters. The zero-order valence-corrected chi connectivity index (χ0v) is 26.1. The number of hydrogen-bond donors (Lipinski definition) is 1. The molecule has 9 nitrogen and oxygen atoms in total. The fourth-order valence-electron chi connectivity index (χ4n) is 4.89. The summed E-state index contributed by atoms with van der Waals surface area (Å²) >= 11 is 0. The van der Waals surface area contributed by atoms with E-state index in [0.717, 1.165) is 22.3 Å². The van der Waals surface area contributed by atoms with Crippen LogP contribution in [0.4, 0.5) is 10.5 Å². The first-order valence-electron chi connectivity index (χ1n) is 14.6. The Balaban J connectivity index is 1.46. The lowest BCUT2D eigenvalue weighted by Gasteiger charge is -2.27. The molecule has 9 heteroatoms. The molecule has 2 amide bonds. The number of nitrogens with zero attached hydrogens (tertiary/aromatic N) is 2. The number of anilines is 1. The Labute approximate surface area is 258 Å². The molecule has 230 valence electrons. The number of carbonyl (C=O) groups is 3. The molecule has 44 heavy (non-hydrogen) atoms. The number of fused-ring (bicyclic) bond motifs is 1. The quantitative estimate of drug-likeness (QED) is 0.302. The molecule has 0 aromatic heterocycles. The van der Waals surface area contributed by atoms with Crippen LogP contribution in [0.1, 0.15) is 64.7 Å². The smallest absolute Gasteiger partial charge is 0.408 e. The van der Waals surface area contributed by atoms with Gasteiger partial charge in [0.25, 0.3) is 0 Å². The van der Waals surface area contributed by atoms with Crippen LogP contribution in [0, 0.1) is 11.3 Å². The first-order valence-corrected chi connectivity index (χ1v) is 14.6. The highest BCUT2D eigenvalue weighted by molar-refractivity contribution is 6.02. The molecule has 3 aromatic carbocycles. The van der Waals surface area contributed by atoms with Crippen LogP contribution in [-0.2, 0) is 32.1 Å². The molecule has 1 N–H and O–H groups in total. The minimum atomic E-state index is -1.17. The Kier molecular flexibility index (Phi) is 9.63. The summed E-state index contributed by atoms with van der Waals surface area (Å²) in [6.45, 7) is 11.0. The van der Waals surface area contributed by atoms with Gasteiger partial charge >= 0.3 is 12.1 Å². The van der Waals surface area contributed by atoms with Gasteiger partial charge in [-0.1, -0.05) is 42.5 Å². The highest BCUT2D eigenvalue weighted by Crippen LogP contribution is 2.33. The summed E-state index contributed by atoms with van der Waals surface area (Å²) in [5, 5.41) is 12.3. The van der Waals surface area contributed by atoms with Crippen LogP contribution in [0.5, 0.6) is 5.75 Å². The van der Waals surface area contributed by atoms with E-state index >= 15 is 0 Å². The van der Waals surface area contributed by atoms with Crippen molar-refractivity contribution in [3.05, 3.63) is 83.4 Å². The fraction of sp³-hybridized carbons (Fsp3) is 0.371. The van der Waals surface area contributed by atoms with E-state index < -0.39 is 35.2 Å². The lowest BCUT2D eigenvalue weighted by atomic mass is 9.98. The molecular formula is C35H39N3O6. The molecule has 0 fully saturated rings. The lowest BCUT2D eigenvalue weighted by Crippen LogP contribution is -2.50. The number of carbonyl (C=O) groups excluding carboxylic acids is 3. The van der Waals surface area contributed by atoms with Gasteiger partial charge in [0.15, 0.2) is 0 Å². The molecule has 1 aliphatic heterocycles. The third kappa shape index (κ3) is 8.60. The zero-order chi connectivity index (χ0) is 32.1. The molecule has 0 radical (unpaired) electrons. The number of nitrogens with one attached hydrogen (secondary N) is 1. The van der Waals surface area contributed by atoms with Crippen molar-refractivity contribution in [3.8, 4) is 22.9 Å². The summed E-state index contributed by atoms with van der Waals surface area (Å²) in [6.07, 6.45) is -0.552. The van der Waals surface area contributed by atoms with Gasteiger partial charge in [-0.15, -0.1) is 0 Å². The summed E-state index contributed by atoms with van der Waals surface area (Å²) in [7, 11) is 0. The first-order chi connectivity index (χ1) is 20.7. The number of benzene rings is 3. The number of amides is 2. The molecule has 1 atom stereocenters. The third-order valence-corrected chi connectivity index (χ3v) is 6.69. The van der Waals surface area contributed by atoms with Gasteiger partial charge in [0.1, 0.15) is 29.6 Å². The van der Waals surface area contributed by atoms with Gasteiger partial charge in [-0.2, -0.15) is 5.26 Å². The van der Waals surface area contributed by atoms with Gasteiger partial charge in [-0.3, -0.25) is 9.59 Å². The molecule has 0 saturated heterocycles. The van der Waals surface area contributed by atoms with Gasteiger partial charge < -0.3 is 24.4 Å². The molecule has 1 aliphatic rings. The molecule has 4 rings (SSSR count). The van der Waals surface area contributed by atoms with Crippen molar-refractivity contribution in [1.29, 1.82) is 5.26 Å². The maximum absolute atomic E-state index is 13.7. The first kappa shape index (κ1) is 32.1. The van der Waals surface area contributed by atoms with Crippen LogP contribution < -0.4 is 15.0 Å². The molecule has 0 saturated carbocycles. The number of ether oxygens (including phenoxy) is 3. The van der Waals surface area contributed by atoms with E-state index in [0.29, 0.717) is 30.0 Å². The maximum atomic E-state index is 13.7. The van der Waals surface area contributed by atoms with E-state index in [1.807, 2.05) is 54.6 Å². The second-order valence-electron chi connectivity index (χ2n) is 12.7. The van der Waals surface area contributed by atoms with Gasteiger partial charge in [-0.25, -0.2) is 4.79 Å². The Bertz CT molecular complexity index is 1530. The predicted molar refractivity (Wildman–Crippen MR) is 167 cm³/mol. The van der Waals surface area contributed by atoms with E-state index in [2.05, 4.69) is 11.4 Å². The normalized spacial score (nSPS) is 13.3. The Hall–Kier alpha value is -4.84. The van der Waals surface area contributed by atoms with E-state index in [4.69, 9.17) is 14.2 Å². The largest absolute Gasteiger partial charge is 0.489 e. The van der Waals surface area contributed by atoms with E-state index in [-0.39, 0.29) is 13.0 Å². The molecule has 1 heterocycles. The summed E-state index contributed by atoms with van der Waals surface area (Å²) in [4.78, 5) is 40.5. The fourth-order valence-corrected chi connectivity index (χ4v) is 4.89. The molecule has 0 spiro atoms. The van der Waals surface area contributed by atoms with Crippen LogP contribution in [0.15, 0.2) is 66.7 Å². The minimum absolute atomic E-state index is 0.267. The Morgan fingerprint density at radius 3 is 2.30 bits per heavy atom. The van der Waals surface area contributed by atoms with Gasteiger partial charge in [0, 0.05) is 12.2 Å². The second kappa shape index (κ2) is 13.2. The summed E-state index contributed by atoms with van der Waals surface area (Å²) < 4.78 is 16.8. The van der Waals surface area contributed by atoms with Gasteiger partial charge in [-0.05, 0) is 94.5 Å². The SMILES string of the molecule is CC(C)(C)OC(=O)C[C@@H](NC(=O)OC(C)(C)C)C(=O)N1CCc2cc(OCc3ccc(-c4ccccc4)c(C#N)c3)ccc21. The van der Waals surface area contributed by atoms with Crippen LogP contribution >= 0.6 is 0 Å². The average molecular weight is 598 g/mol.